The van der Waals surface area contributed by atoms with E-state index in [-0.39, 0.29) is 18.4 Å². The summed E-state index contributed by atoms with van der Waals surface area (Å²) >= 11 is 25.0. The molecule has 206 valence electrons. The summed E-state index contributed by atoms with van der Waals surface area (Å²) in [4.78, 5) is 30.9. The zero-order chi connectivity index (χ0) is 28.3. The van der Waals surface area contributed by atoms with Crippen LogP contribution in [0.4, 0.5) is 5.69 Å². The Morgan fingerprint density at radius 1 is 0.872 bits per heavy atom. The molecule has 0 aromatic heterocycles. The number of nitrogens with zero attached hydrogens (tertiary/aromatic N) is 2. The maximum atomic E-state index is 14.1. The number of benzene rings is 3. The fourth-order valence-electron chi connectivity index (χ4n) is 4.77. The molecule has 0 aliphatic carbocycles. The minimum Gasteiger partial charge on any atom is -0.460 e. The van der Waals surface area contributed by atoms with Crippen molar-refractivity contribution in [1.82, 2.24) is 4.90 Å². The molecule has 1 aliphatic heterocycles. The minimum absolute atomic E-state index is 0.0768. The van der Waals surface area contributed by atoms with Crippen LogP contribution in [-0.4, -0.2) is 42.0 Å². The van der Waals surface area contributed by atoms with Crippen molar-refractivity contribution in [3.63, 3.8) is 0 Å². The number of hydrogen-bond acceptors (Lipinski definition) is 4. The highest BCUT2D eigenvalue weighted by Gasteiger charge is 2.36. The van der Waals surface area contributed by atoms with E-state index in [4.69, 9.17) is 51.1 Å². The Kier molecular flexibility index (Phi) is 9.38. The number of carbonyl (C=O) groups is 2. The smallest absolute Gasteiger partial charge is 0.307 e. The average Bonchev–Trinajstić information content (AvgIpc) is 2.87. The first kappa shape index (κ1) is 29.5. The van der Waals surface area contributed by atoms with Gasteiger partial charge in [0.1, 0.15) is 5.60 Å². The van der Waals surface area contributed by atoms with Gasteiger partial charge in [-0.2, -0.15) is 0 Å². The second-order valence-electron chi connectivity index (χ2n) is 10.5. The fraction of sp³-hybridized carbons (Fsp3) is 0.333. The Morgan fingerprint density at radius 2 is 1.46 bits per heavy atom. The number of halogens is 4. The maximum absolute atomic E-state index is 14.1. The third kappa shape index (κ3) is 7.61. The molecule has 5 nitrogen and oxygen atoms in total. The van der Waals surface area contributed by atoms with Gasteiger partial charge in [0, 0.05) is 34.7 Å². The van der Waals surface area contributed by atoms with E-state index < -0.39 is 17.5 Å². The Morgan fingerprint density at radius 3 is 2.05 bits per heavy atom. The number of rotatable bonds is 6. The Hall–Kier alpha value is -2.44. The van der Waals surface area contributed by atoms with Crippen LogP contribution in [-0.2, 0) is 14.3 Å². The molecule has 1 aliphatic rings. The summed E-state index contributed by atoms with van der Waals surface area (Å²) in [6.45, 7) is 6.78. The van der Waals surface area contributed by atoms with Crippen LogP contribution in [0.25, 0.3) is 0 Å². The van der Waals surface area contributed by atoms with Crippen LogP contribution in [0, 0.1) is 0 Å². The molecule has 3 aromatic rings. The lowest BCUT2D eigenvalue weighted by atomic mass is 9.92. The molecule has 1 amide bonds. The molecular formula is C30H30Cl4N2O3. The second-order valence-corrected chi connectivity index (χ2v) is 12.3. The van der Waals surface area contributed by atoms with Gasteiger partial charge in [-0.05, 0) is 74.4 Å². The number of ether oxygens (including phenoxy) is 1. The lowest BCUT2D eigenvalue weighted by molar-refractivity contribution is -0.157. The zero-order valence-electron chi connectivity index (χ0n) is 22.0. The van der Waals surface area contributed by atoms with Crippen molar-refractivity contribution in [1.29, 1.82) is 0 Å². The first-order valence-electron chi connectivity index (χ1n) is 12.6. The highest BCUT2D eigenvalue weighted by atomic mass is 35.5. The molecule has 2 atom stereocenters. The Labute approximate surface area is 249 Å². The Bertz CT molecular complexity index is 1320. The normalized spacial score (nSPS) is 16.6. The molecule has 0 spiro atoms. The van der Waals surface area contributed by atoms with Crippen molar-refractivity contribution in [2.75, 3.05) is 24.5 Å². The number of esters is 1. The predicted octanol–water partition coefficient (Wildman–Crippen LogP) is 8.21. The molecule has 4 rings (SSSR count). The number of hydrogen-bond donors (Lipinski definition) is 0. The lowest BCUT2D eigenvalue weighted by Gasteiger charge is -2.44. The van der Waals surface area contributed by atoms with Gasteiger partial charge in [-0.25, -0.2) is 0 Å². The lowest BCUT2D eigenvalue weighted by Crippen LogP contribution is -2.52. The van der Waals surface area contributed by atoms with E-state index in [0.717, 1.165) is 11.3 Å². The van der Waals surface area contributed by atoms with Gasteiger partial charge >= 0.3 is 5.97 Å². The average molecular weight is 608 g/mol. The second kappa shape index (κ2) is 12.4. The van der Waals surface area contributed by atoms with Crippen molar-refractivity contribution < 1.29 is 14.3 Å². The fourth-order valence-corrected chi connectivity index (χ4v) is 5.54. The van der Waals surface area contributed by atoms with E-state index in [1.165, 1.54) is 0 Å². The zero-order valence-corrected chi connectivity index (χ0v) is 25.0. The minimum atomic E-state index is -0.714. The van der Waals surface area contributed by atoms with Crippen LogP contribution in [0.5, 0.6) is 0 Å². The number of amides is 1. The summed E-state index contributed by atoms with van der Waals surface area (Å²) in [6, 6.07) is 19.8. The van der Waals surface area contributed by atoms with E-state index in [1.807, 2.05) is 56.0 Å². The van der Waals surface area contributed by atoms with E-state index in [9.17, 15) is 9.59 Å². The van der Waals surface area contributed by atoms with E-state index in [0.29, 0.717) is 45.3 Å². The van der Waals surface area contributed by atoms with Crippen LogP contribution >= 0.6 is 46.4 Å². The highest BCUT2D eigenvalue weighted by Crippen LogP contribution is 2.38. The number of carbonyl (C=O) groups excluding carboxylic acids is 2. The summed E-state index contributed by atoms with van der Waals surface area (Å²) in [7, 11) is 0. The van der Waals surface area contributed by atoms with Crippen LogP contribution < -0.4 is 4.90 Å². The van der Waals surface area contributed by atoms with Gasteiger partial charge in [0.2, 0.25) is 5.91 Å². The van der Waals surface area contributed by atoms with E-state index >= 15 is 0 Å². The van der Waals surface area contributed by atoms with Gasteiger partial charge < -0.3 is 14.5 Å². The van der Waals surface area contributed by atoms with Crippen molar-refractivity contribution in [3.8, 4) is 0 Å². The summed E-state index contributed by atoms with van der Waals surface area (Å²) in [5.74, 6) is -1.30. The quantitative estimate of drug-likeness (QED) is 0.265. The number of piperazine rings is 1. The van der Waals surface area contributed by atoms with Gasteiger partial charge in [0.25, 0.3) is 0 Å². The summed E-state index contributed by atoms with van der Waals surface area (Å²) in [6.07, 6.45) is -0.0768. The van der Waals surface area contributed by atoms with Crippen molar-refractivity contribution in [2.24, 2.45) is 0 Å². The molecule has 0 bridgehead atoms. The molecule has 1 fully saturated rings. The molecule has 39 heavy (non-hydrogen) atoms. The summed E-state index contributed by atoms with van der Waals surface area (Å²) < 4.78 is 5.57. The maximum Gasteiger partial charge on any atom is 0.307 e. The highest BCUT2D eigenvalue weighted by molar-refractivity contribution is 6.36. The molecule has 0 N–H and O–H groups in total. The molecule has 3 aromatic carbocycles. The first-order valence-corrected chi connectivity index (χ1v) is 14.2. The third-order valence-electron chi connectivity index (χ3n) is 6.53. The molecular weight excluding hydrogens is 578 g/mol. The monoisotopic (exact) mass is 606 g/mol. The van der Waals surface area contributed by atoms with E-state index in [1.54, 1.807) is 36.4 Å². The molecule has 1 heterocycles. The van der Waals surface area contributed by atoms with Gasteiger partial charge in [-0.1, -0.05) is 70.7 Å². The van der Waals surface area contributed by atoms with Gasteiger partial charge in [-0.15, -0.1) is 0 Å². The Balaban J connectivity index is 1.66. The molecule has 0 radical (unpaired) electrons. The first-order chi connectivity index (χ1) is 18.4. The molecule has 9 heteroatoms. The van der Waals surface area contributed by atoms with Gasteiger partial charge in [0.15, 0.2) is 0 Å². The van der Waals surface area contributed by atoms with Gasteiger partial charge in [-0.3, -0.25) is 9.59 Å². The summed E-state index contributed by atoms with van der Waals surface area (Å²) in [5, 5.41) is 2.26. The van der Waals surface area contributed by atoms with Crippen LogP contribution in [0.15, 0.2) is 66.7 Å². The summed E-state index contributed by atoms with van der Waals surface area (Å²) in [5.41, 5.74) is 1.86. The van der Waals surface area contributed by atoms with Crippen molar-refractivity contribution in [2.45, 2.75) is 44.8 Å². The van der Waals surface area contributed by atoms with Crippen LogP contribution in [0.3, 0.4) is 0 Å². The van der Waals surface area contributed by atoms with Crippen LogP contribution in [0.1, 0.15) is 50.3 Å². The predicted molar refractivity (Wildman–Crippen MR) is 159 cm³/mol. The van der Waals surface area contributed by atoms with Crippen LogP contribution in [0.2, 0.25) is 20.1 Å². The molecule has 0 unspecified atom stereocenters. The largest absolute Gasteiger partial charge is 0.460 e. The third-order valence-corrected chi connectivity index (χ3v) is 7.57. The van der Waals surface area contributed by atoms with Crippen molar-refractivity contribution in [3.05, 3.63) is 97.9 Å². The SMILES string of the molecule is CC(C)(C)OC(=O)C[C@@H](C(=O)N1CCN(c2ccc(Cl)cc2Cl)[C@H](c2ccc(Cl)cc2)C1)c1ccc(Cl)cc1. The standard InChI is InChI=1S/C30H30Cl4N2O3/c1-30(2,3)39-28(37)17-24(19-4-8-21(31)9-5-19)29(38)35-14-15-36(26-13-12-23(33)16-25(26)34)27(18-35)20-6-10-22(32)11-7-20/h4-13,16,24,27H,14-15,17-18H2,1-3H3/t24-,27+/m1/s1. The molecule has 0 saturated carbocycles. The molecule has 1 saturated heterocycles. The van der Waals surface area contributed by atoms with Gasteiger partial charge in [0.05, 0.1) is 29.1 Å². The van der Waals surface area contributed by atoms with E-state index in [2.05, 4.69) is 4.90 Å². The topological polar surface area (TPSA) is 49.9 Å². The number of anilines is 1. The van der Waals surface area contributed by atoms with Crippen molar-refractivity contribution >= 4 is 64.0 Å².